The molecule has 0 heterocycles. The first-order valence-corrected chi connectivity index (χ1v) is 1.29. The van der Waals surface area contributed by atoms with E-state index in [1.54, 1.807) is 0 Å². The molecule has 0 aliphatic rings. The van der Waals surface area contributed by atoms with Crippen molar-refractivity contribution in [2.45, 2.75) is 21.3 Å². The Morgan fingerprint density at radius 1 is 1.20 bits per heavy atom. The molecule has 0 radical (unpaired) electrons. The highest BCUT2D eigenvalue weighted by molar-refractivity contribution is 5.10. The second kappa shape index (κ2) is 240. The van der Waals surface area contributed by atoms with Crippen molar-refractivity contribution in [1.29, 1.82) is 0 Å². The molecule has 0 aliphatic carbocycles. The SMILES string of the molecule is C.C=O.CC. The Labute approximate surface area is 34.0 Å². The summed E-state index contributed by atoms with van der Waals surface area (Å²) >= 11 is 0. The summed E-state index contributed by atoms with van der Waals surface area (Å²) < 4.78 is 0. The lowest BCUT2D eigenvalue weighted by Crippen LogP contribution is -0.925. The van der Waals surface area contributed by atoms with Gasteiger partial charge in [0, 0.05) is 0 Å². The van der Waals surface area contributed by atoms with Gasteiger partial charge in [-0.05, 0) is 0 Å². The lowest BCUT2D eigenvalue weighted by Gasteiger charge is -1.07. The number of carbonyl (C=O) groups excluding carboxylic acids is 1. The first kappa shape index (κ1) is 22.6. The van der Waals surface area contributed by atoms with E-state index in [1.807, 2.05) is 20.6 Å². The monoisotopic (exact) mass is 76.1 g/mol. The molecule has 1 heteroatoms. The Bertz CT molecular complexity index is 3.61. The molecule has 1 nitrogen and oxygen atoms in total. The molecule has 0 unspecified atom stereocenters. The molecule has 0 N–H and O–H groups in total. The van der Waals surface area contributed by atoms with Crippen molar-refractivity contribution < 1.29 is 4.79 Å². The number of hydrogen-bond acceptors (Lipinski definition) is 1. The van der Waals surface area contributed by atoms with Gasteiger partial charge in [0.2, 0.25) is 0 Å². The summed E-state index contributed by atoms with van der Waals surface area (Å²) in [6.07, 6.45) is 0. The molecule has 34 valence electrons. The van der Waals surface area contributed by atoms with Crippen molar-refractivity contribution in [3.05, 3.63) is 0 Å². The summed E-state index contributed by atoms with van der Waals surface area (Å²) in [4.78, 5) is 8.00. The molecule has 0 aliphatic heterocycles. The zero-order valence-electron chi connectivity index (χ0n) is 3.12. The van der Waals surface area contributed by atoms with Crippen molar-refractivity contribution in [3.8, 4) is 0 Å². The summed E-state index contributed by atoms with van der Waals surface area (Å²) in [5.74, 6) is 0. The van der Waals surface area contributed by atoms with Crippen molar-refractivity contribution in [2.75, 3.05) is 0 Å². The van der Waals surface area contributed by atoms with E-state index in [0.29, 0.717) is 0 Å². The Balaban J connectivity index is -0.0000000133. The molecule has 0 aromatic carbocycles. The lowest BCUT2D eigenvalue weighted by atomic mass is 11.0. The van der Waals surface area contributed by atoms with Crippen LogP contribution in [-0.2, 0) is 4.79 Å². The van der Waals surface area contributed by atoms with Gasteiger partial charge in [0.1, 0.15) is 6.79 Å². The average Bonchev–Trinajstić information content (AvgIpc) is 1.50. The highest BCUT2D eigenvalue weighted by atomic mass is 16.1. The topological polar surface area (TPSA) is 17.1 Å². The van der Waals surface area contributed by atoms with Crippen LogP contribution in [0, 0.1) is 0 Å². The van der Waals surface area contributed by atoms with Crippen LogP contribution < -0.4 is 0 Å². The maximum Gasteiger partial charge on any atom is 0.106 e. The molecule has 0 amide bonds. The molecule has 0 saturated carbocycles. The average molecular weight is 76.1 g/mol. The molecule has 0 rings (SSSR count). The maximum atomic E-state index is 8.00. The van der Waals surface area contributed by atoms with Gasteiger partial charge in [0.15, 0.2) is 0 Å². The van der Waals surface area contributed by atoms with Crippen LogP contribution >= 0.6 is 0 Å². The fourth-order valence-corrected chi connectivity index (χ4v) is 0. The summed E-state index contributed by atoms with van der Waals surface area (Å²) in [5, 5.41) is 0. The minimum atomic E-state index is 0. The molecule has 0 bridgehead atoms. The minimum absolute atomic E-state index is 0. The van der Waals surface area contributed by atoms with Gasteiger partial charge in [0.05, 0.1) is 0 Å². The minimum Gasteiger partial charge on any atom is -0.307 e. The van der Waals surface area contributed by atoms with E-state index in [-0.39, 0.29) is 7.43 Å². The highest BCUT2D eigenvalue weighted by Crippen LogP contribution is 1.14. The second-order valence-electron chi connectivity index (χ2n) is 0. The Kier molecular flexibility index (Phi) is 1080. The van der Waals surface area contributed by atoms with Crippen LogP contribution in [0.25, 0.3) is 0 Å². The van der Waals surface area contributed by atoms with E-state index in [4.69, 9.17) is 4.79 Å². The van der Waals surface area contributed by atoms with E-state index < -0.39 is 0 Å². The van der Waals surface area contributed by atoms with E-state index in [2.05, 4.69) is 0 Å². The Morgan fingerprint density at radius 2 is 1.20 bits per heavy atom. The molecule has 0 aromatic rings. The highest BCUT2D eigenvalue weighted by Gasteiger charge is 0.932. The Morgan fingerprint density at radius 3 is 1.20 bits per heavy atom. The number of hydrogen-bond donors (Lipinski definition) is 0. The van der Waals surface area contributed by atoms with Gasteiger partial charge in [0.25, 0.3) is 0 Å². The molecule has 0 aromatic heterocycles. The summed E-state index contributed by atoms with van der Waals surface area (Å²) in [6, 6.07) is 0. The molecular formula is C4H12O. The second-order valence-corrected chi connectivity index (χ2v) is 0. The summed E-state index contributed by atoms with van der Waals surface area (Å²) in [7, 11) is 0. The van der Waals surface area contributed by atoms with Gasteiger partial charge in [-0.3, -0.25) is 0 Å². The zero-order valence-corrected chi connectivity index (χ0v) is 3.12. The van der Waals surface area contributed by atoms with Gasteiger partial charge in [-0.1, -0.05) is 21.3 Å². The van der Waals surface area contributed by atoms with Crippen molar-refractivity contribution in [2.24, 2.45) is 0 Å². The van der Waals surface area contributed by atoms with Crippen LogP contribution in [0.2, 0.25) is 0 Å². The van der Waals surface area contributed by atoms with Crippen molar-refractivity contribution >= 4 is 6.79 Å². The molecule has 0 saturated heterocycles. The fourth-order valence-electron chi connectivity index (χ4n) is 0. The largest absolute Gasteiger partial charge is 0.307 e. The van der Waals surface area contributed by atoms with Crippen LogP contribution in [0.15, 0.2) is 0 Å². The summed E-state index contributed by atoms with van der Waals surface area (Å²) in [5.41, 5.74) is 0. The van der Waals surface area contributed by atoms with Crippen LogP contribution in [0.3, 0.4) is 0 Å². The summed E-state index contributed by atoms with van der Waals surface area (Å²) in [6.45, 7) is 6.00. The van der Waals surface area contributed by atoms with Gasteiger partial charge < -0.3 is 4.79 Å². The molecular weight excluding hydrogens is 64.0 g/mol. The predicted molar refractivity (Wildman–Crippen MR) is 25.2 cm³/mol. The molecule has 0 fully saturated rings. The van der Waals surface area contributed by atoms with E-state index >= 15 is 0 Å². The van der Waals surface area contributed by atoms with Gasteiger partial charge in [-0.2, -0.15) is 0 Å². The first-order valence-electron chi connectivity index (χ1n) is 1.29. The van der Waals surface area contributed by atoms with E-state index in [9.17, 15) is 0 Å². The standard InChI is InChI=1S/C2H6.CH2O.CH4/c2*1-2;/h1-2H3;1H2;1H4. The normalized spacial score (nSPS) is 2.00. The third-order valence-corrected chi connectivity index (χ3v) is 0. The molecule has 0 spiro atoms. The van der Waals surface area contributed by atoms with Gasteiger partial charge in [-0.25, -0.2) is 0 Å². The first-order chi connectivity index (χ1) is 2.00. The van der Waals surface area contributed by atoms with E-state index in [0.717, 1.165) is 0 Å². The fraction of sp³-hybridized carbons (Fsp3) is 0.750. The third kappa shape index (κ3) is 94.0. The van der Waals surface area contributed by atoms with Crippen LogP contribution in [-0.4, -0.2) is 6.79 Å². The van der Waals surface area contributed by atoms with E-state index in [1.165, 1.54) is 0 Å². The maximum absolute atomic E-state index is 8.00. The smallest absolute Gasteiger partial charge is 0.106 e. The van der Waals surface area contributed by atoms with Crippen LogP contribution in [0.4, 0.5) is 0 Å². The molecule has 0 atom stereocenters. The number of rotatable bonds is 0. The predicted octanol–water partition coefficient (Wildman–Crippen LogP) is 1.48. The zero-order chi connectivity index (χ0) is 4.00. The van der Waals surface area contributed by atoms with Gasteiger partial charge in [-0.15, -0.1) is 0 Å². The Hall–Kier alpha value is -0.330. The van der Waals surface area contributed by atoms with Crippen LogP contribution in [0.5, 0.6) is 0 Å². The van der Waals surface area contributed by atoms with Gasteiger partial charge >= 0.3 is 0 Å². The number of carbonyl (C=O) groups is 1. The quantitative estimate of drug-likeness (QED) is 0.427. The van der Waals surface area contributed by atoms with Crippen molar-refractivity contribution in [1.82, 2.24) is 0 Å². The van der Waals surface area contributed by atoms with Crippen molar-refractivity contribution in [3.63, 3.8) is 0 Å². The third-order valence-electron chi connectivity index (χ3n) is 0. The molecule has 5 heavy (non-hydrogen) atoms. The van der Waals surface area contributed by atoms with Crippen LogP contribution in [0.1, 0.15) is 21.3 Å². The lowest BCUT2D eigenvalue weighted by molar-refractivity contribution is -0.0979.